The van der Waals surface area contributed by atoms with Gasteiger partial charge in [0.2, 0.25) is 12.4 Å². The Morgan fingerprint density at radius 1 is 1.14 bits per heavy atom. The van der Waals surface area contributed by atoms with Crippen molar-refractivity contribution in [3.05, 3.63) is 71.2 Å². The van der Waals surface area contributed by atoms with Crippen LogP contribution in [0.2, 0.25) is 0 Å². The molecule has 1 atom stereocenters. The van der Waals surface area contributed by atoms with Gasteiger partial charge in [0.25, 0.3) is 0 Å². The predicted octanol–water partition coefficient (Wildman–Crippen LogP) is 2.85. The van der Waals surface area contributed by atoms with E-state index in [1.54, 1.807) is 6.92 Å². The number of carbonyl (C=O) groups is 1. The molecule has 0 bridgehead atoms. The van der Waals surface area contributed by atoms with Crippen molar-refractivity contribution < 1.29 is 23.8 Å². The van der Waals surface area contributed by atoms with Crippen LogP contribution in [0.4, 0.5) is 0 Å². The Hall–Kier alpha value is -3.18. The van der Waals surface area contributed by atoms with Crippen LogP contribution in [0.15, 0.2) is 53.1 Å². The number of quaternary nitrogens is 1. The Bertz CT molecular complexity index is 1210. The number of ketones is 1. The Kier molecular flexibility index (Phi) is 3.91. The summed E-state index contributed by atoms with van der Waals surface area (Å²) in [6, 6.07) is 14.2. The van der Waals surface area contributed by atoms with Crippen molar-refractivity contribution in [3.63, 3.8) is 0 Å². The topological polar surface area (TPSA) is 58.0 Å². The standard InChI is InChI=1S/C23H20N2O3/c1-14(26)20-15(2)28-23-18-9-4-3-8-17(18)22-19(21(20)23)12-25(13-27-22)11-16-7-5-6-10-24-16/h3-10H,11-13H2,1-2H3/p+2. The van der Waals surface area contributed by atoms with Crippen LogP contribution in [0.5, 0.6) is 5.75 Å². The zero-order valence-corrected chi connectivity index (χ0v) is 16.0. The van der Waals surface area contributed by atoms with E-state index < -0.39 is 0 Å². The van der Waals surface area contributed by atoms with E-state index in [9.17, 15) is 4.79 Å². The van der Waals surface area contributed by atoms with E-state index in [1.807, 2.05) is 43.5 Å². The van der Waals surface area contributed by atoms with Crippen LogP contribution in [0, 0.1) is 6.92 Å². The summed E-state index contributed by atoms with van der Waals surface area (Å²) in [5.74, 6) is 1.58. The highest BCUT2D eigenvalue weighted by molar-refractivity contribution is 6.17. The first-order chi connectivity index (χ1) is 13.6. The smallest absolute Gasteiger partial charge is 0.234 e. The number of Topliss-reactive ketones (excluding diaryl/α,β-unsaturated/α-hetero) is 1. The number of ether oxygens (including phenoxy) is 1. The van der Waals surface area contributed by atoms with Gasteiger partial charge in [-0.05, 0) is 19.9 Å². The molecule has 140 valence electrons. The van der Waals surface area contributed by atoms with Crippen LogP contribution in [-0.4, -0.2) is 12.5 Å². The van der Waals surface area contributed by atoms with Gasteiger partial charge in [-0.3, -0.25) is 9.69 Å². The van der Waals surface area contributed by atoms with Gasteiger partial charge in [-0.25, -0.2) is 4.98 Å². The molecule has 4 aromatic rings. The summed E-state index contributed by atoms with van der Waals surface area (Å²) < 4.78 is 12.4. The van der Waals surface area contributed by atoms with Crippen LogP contribution in [-0.2, 0) is 13.1 Å². The molecule has 5 rings (SSSR count). The van der Waals surface area contributed by atoms with E-state index >= 15 is 0 Å². The SMILES string of the molecule is CC(=O)c1c(C)oc2c1c1c(c3ccccc32)OC[NH+](Cc2cccc[nH+]2)C1. The van der Waals surface area contributed by atoms with Crippen molar-refractivity contribution in [1.29, 1.82) is 0 Å². The molecule has 0 radical (unpaired) electrons. The molecule has 1 aliphatic rings. The second-order valence-electron chi connectivity index (χ2n) is 7.43. The number of pyridine rings is 1. The number of hydrogen-bond acceptors (Lipinski definition) is 3. The zero-order valence-electron chi connectivity index (χ0n) is 16.0. The lowest BCUT2D eigenvalue weighted by Crippen LogP contribution is -3.11. The Labute approximate surface area is 162 Å². The van der Waals surface area contributed by atoms with E-state index in [0.717, 1.165) is 51.8 Å². The van der Waals surface area contributed by atoms with Gasteiger partial charge in [0.1, 0.15) is 23.6 Å². The minimum atomic E-state index is 0.0252. The molecule has 0 saturated carbocycles. The molecular weight excluding hydrogens is 352 g/mol. The quantitative estimate of drug-likeness (QED) is 0.561. The number of aromatic nitrogens is 1. The molecular formula is C23H22N2O3+2. The molecule has 0 fully saturated rings. The van der Waals surface area contributed by atoms with Crippen LogP contribution < -0.4 is 14.6 Å². The first-order valence-electron chi connectivity index (χ1n) is 9.53. The van der Waals surface area contributed by atoms with Gasteiger partial charge < -0.3 is 9.15 Å². The number of carbonyl (C=O) groups excluding carboxylic acids is 1. The number of fused-ring (bicyclic) bond motifs is 6. The molecule has 5 heteroatoms. The average molecular weight is 374 g/mol. The van der Waals surface area contributed by atoms with Crippen molar-refractivity contribution in [2.24, 2.45) is 0 Å². The fourth-order valence-corrected chi connectivity index (χ4v) is 4.33. The van der Waals surface area contributed by atoms with Crippen molar-refractivity contribution in [2.75, 3.05) is 6.73 Å². The number of H-pyrrole nitrogens is 1. The molecule has 2 aromatic carbocycles. The number of benzene rings is 2. The van der Waals surface area contributed by atoms with Crippen LogP contribution in [0.1, 0.15) is 34.3 Å². The number of nitrogens with one attached hydrogen (secondary N) is 2. The minimum absolute atomic E-state index is 0.0252. The maximum absolute atomic E-state index is 12.4. The molecule has 0 aliphatic carbocycles. The number of aryl methyl sites for hydroxylation is 1. The zero-order chi connectivity index (χ0) is 19.3. The molecule has 1 aliphatic heterocycles. The van der Waals surface area contributed by atoms with Gasteiger partial charge in [-0.1, -0.05) is 24.3 Å². The predicted molar refractivity (Wildman–Crippen MR) is 105 cm³/mol. The van der Waals surface area contributed by atoms with E-state index in [2.05, 4.69) is 17.1 Å². The van der Waals surface area contributed by atoms with Crippen LogP contribution in [0.3, 0.4) is 0 Å². The summed E-state index contributed by atoms with van der Waals surface area (Å²) >= 11 is 0. The lowest BCUT2D eigenvalue weighted by molar-refractivity contribution is -0.949. The fourth-order valence-electron chi connectivity index (χ4n) is 4.33. The van der Waals surface area contributed by atoms with Gasteiger partial charge in [0.15, 0.2) is 18.5 Å². The molecule has 2 N–H and O–H groups in total. The normalized spacial score (nSPS) is 16.1. The Morgan fingerprint density at radius 3 is 2.68 bits per heavy atom. The van der Waals surface area contributed by atoms with Crippen LogP contribution >= 0.6 is 0 Å². The van der Waals surface area contributed by atoms with Crippen LogP contribution in [0.25, 0.3) is 21.7 Å². The summed E-state index contributed by atoms with van der Waals surface area (Å²) in [4.78, 5) is 17.0. The monoisotopic (exact) mass is 374 g/mol. The Morgan fingerprint density at radius 2 is 1.93 bits per heavy atom. The molecule has 3 heterocycles. The summed E-state index contributed by atoms with van der Waals surface area (Å²) in [6.45, 7) is 5.65. The molecule has 2 aromatic heterocycles. The lowest BCUT2D eigenvalue weighted by Gasteiger charge is -2.27. The van der Waals surface area contributed by atoms with Crippen molar-refractivity contribution >= 4 is 27.5 Å². The van der Waals surface area contributed by atoms with Gasteiger partial charge in [0.05, 0.1) is 11.1 Å². The minimum Gasteiger partial charge on any atom is -0.460 e. The molecule has 0 amide bonds. The molecule has 28 heavy (non-hydrogen) atoms. The van der Waals surface area contributed by atoms with Crippen molar-refractivity contribution in [1.82, 2.24) is 0 Å². The summed E-state index contributed by atoms with van der Waals surface area (Å²) in [5, 5.41) is 2.94. The van der Waals surface area contributed by atoms with Crippen molar-refractivity contribution in [2.45, 2.75) is 26.9 Å². The first kappa shape index (κ1) is 17.0. The number of hydrogen-bond donors (Lipinski definition) is 1. The molecule has 0 spiro atoms. The van der Waals surface area contributed by atoms with E-state index in [4.69, 9.17) is 9.15 Å². The number of rotatable bonds is 3. The third kappa shape index (κ3) is 2.59. The third-order valence-electron chi connectivity index (χ3n) is 5.49. The van der Waals surface area contributed by atoms with E-state index in [0.29, 0.717) is 18.1 Å². The second kappa shape index (κ2) is 6.46. The lowest BCUT2D eigenvalue weighted by atomic mass is 9.95. The maximum Gasteiger partial charge on any atom is 0.234 e. The molecule has 5 nitrogen and oxygen atoms in total. The highest BCUT2D eigenvalue weighted by Crippen LogP contribution is 2.42. The van der Waals surface area contributed by atoms with Gasteiger partial charge >= 0.3 is 0 Å². The largest absolute Gasteiger partial charge is 0.460 e. The van der Waals surface area contributed by atoms with E-state index in [-0.39, 0.29) is 5.78 Å². The summed E-state index contributed by atoms with van der Waals surface area (Å²) in [7, 11) is 0. The highest BCUT2D eigenvalue weighted by atomic mass is 16.5. The second-order valence-corrected chi connectivity index (χ2v) is 7.43. The van der Waals surface area contributed by atoms with Gasteiger partial charge in [-0.15, -0.1) is 0 Å². The maximum atomic E-state index is 12.4. The highest BCUT2D eigenvalue weighted by Gasteiger charge is 2.31. The number of aromatic amines is 1. The Balaban J connectivity index is 1.71. The van der Waals surface area contributed by atoms with Crippen molar-refractivity contribution in [3.8, 4) is 5.75 Å². The number of furan rings is 1. The summed E-state index contributed by atoms with van der Waals surface area (Å²) in [6.07, 6.45) is 1.94. The molecule has 1 unspecified atom stereocenters. The average Bonchev–Trinajstić information content (AvgIpc) is 3.06. The van der Waals surface area contributed by atoms with E-state index in [1.165, 1.54) is 4.90 Å². The summed E-state index contributed by atoms with van der Waals surface area (Å²) in [5.41, 5.74) is 3.67. The molecule has 0 saturated heterocycles. The van der Waals surface area contributed by atoms with Gasteiger partial charge in [-0.2, -0.15) is 0 Å². The third-order valence-corrected chi connectivity index (χ3v) is 5.49. The first-order valence-corrected chi connectivity index (χ1v) is 9.53. The fraction of sp³-hybridized carbons (Fsp3) is 0.217. The van der Waals surface area contributed by atoms with Gasteiger partial charge in [0, 0.05) is 28.3 Å².